The van der Waals surface area contributed by atoms with E-state index in [9.17, 15) is 9.90 Å². The van der Waals surface area contributed by atoms with Gasteiger partial charge in [-0.1, -0.05) is 16.7 Å². The van der Waals surface area contributed by atoms with Gasteiger partial charge in [-0.2, -0.15) is 0 Å². The average molecular weight is 289 g/mol. The van der Waals surface area contributed by atoms with Gasteiger partial charge in [0.25, 0.3) is 0 Å². The van der Waals surface area contributed by atoms with Crippen LogP contribution >= 0.6 is 0 Å². The molecular formula is C15H19N3O3. The summed E-state index contributed by atoms with van der Waals surface area (Å²) in [5, 5.41) is 18.0. The summed E-state index contributed by atoms with van der Waals surface area (Å²) in [6.45, 7) is 9.12. The lowest BCUT2D eigenvalue weighted by Gasteiger charge is -2.16. The number of carbonyl (C=O) groups excluding carboxylic acids is 1. The first-order chi connectivity index (χ1) is 9.67. The molecule has 1 aromatic carbocycles. The van der Waals surface area contributed by atoms with Gasteiger partial charge in [0.05, 0.1) is 5.52 Å². The van der Waals surface area contributed by atoms with Crippen molar-refractivity contribution in [2.24, 2.45) is 10.2 Å². The zero-order valence-electron chi connectivity index (χ0n) is 12.8. The third-order valence-corrected chi connectivity index (χ3v) is 2.83. The van der Waals surface area contributed by atoms with Gasteiger partial charge in [0.1, 0.15) is 5.60 Å². The second kappa shape index (κ2) is 5.20. The molecule has 0 aliphatic rings. The molecule has 0 bridgehead atoms. The Morgan fingerprint density at radius 1 is 1.29 bits per heavy atom. The Morgan fingerprint density at radius 2 is 1.95 bits per heavy atom. The molecule has 1 aromatic heterocycles. The van der Waals surface area contributed by atoms with E-state index in [1.165, 1.54) is 0 Å². The van der Waals surface area contributed by atoms with Crippen molar-refractivity contribution in [3.63, 3.8) is 0 Å². The first kappa shape index (κ1) is 15.0. The highest BCUT2D eigenvalue weighted by Gasteiger charge is 2.17. The van der Waals surface area contributed by atoms with Gasteiger partial charge in [0, 0.05) is 5.39 Å². The van der Waals surface area contributed by atoms with Crippen LogP contribution in [0.25, 0.3) is 10.9 Å². The summed E-state index contributed by atoms with van der Waals surface area (Å²) < 4.78 is 5.04. The number of hydrogen-bond donors (Lipinski definition) is 2. The van der Waals surface area contributed by atoms with E-state index >= 15 is 0 Å². The quantitative estimate of drug-likeness (QED) is 0.757. The highest BCUT2D eigenvalue weighted by Crippen LogP contribution is 2.37. The summed E-state index contributed by atoms with van der Waals surface area (Å²) in [5.74, 6) is -0.119. The number of nitrogens with one attached hydrogen (secondary N) is 1. The van der Waals surface area contributed by atoms with Crippen molar-refractivity contribution >= 4 is 22.7 Å². The van der Waals surface area contributed by atoms with Crippen LogP contribution in [0.3, 0.4) is 0 Å². The molecule has 0 aliphatic heterocycles. The van der Waals surface area contributed by atoms with Crippen LogP contribution in [0, 0.1) is 13.8 Å². The highest BCUT2D eigenvalue weighted by molar-refractivity contribution is 5.96. The van der Waals surface area contributed by atoms with E-state index < -0.39 is 11.7 Å². The Morgan fingerprint density at radius 3 is 2.57 bits per heavy atom. The van der Waals surface area contributed by atoms with E-state index in [0.717, 1.165) is 22.0 Å². The van der Waals surface area contributed by atoms with E-state index in [0.29, 0.717) is 0 Å². The zero-order valence-corrected chi connectivity index (χ0v) is 12.8. The van der Waals surface area contributed by atoms with E-state index in [1.807, 2.05) is 26.0 Å². The zero-order chi connectivity index (χ0) is 15.8. The Labute approximate surface area is 122 Å². The predicted octanol–water partition coefficient (Wildman–Crippen LogP) is 4.51. The summed E-state index contributed by atoms with van der Waals surface area (Å²) in [6, 6.07) is 3.87. The molecule has 2 N–H and O–H groups in total. The Bertz CT molecular complexity index is 724. The minimum absolute atomic E-state index is 0.119. The van der Waals surface area contributed by atoms with E-state index in [4.69, 9.17) is 4.74 Å². The second-order valence-electron chi connectivity index (χ2n) is 6.01. The smallest absolute Gasteiger partial charge is 0.452 e. The van der Waals surface area contributed by atoms with Gasteiger partial charge in [-0.15, -0.1) is 5.11 Å². The number of benzene rings is 1. The molecule has 6 nitrogen and oxygen atoms in total. The molecule has 0 atom stereocenters. The van der Waals surface area contributed by atoms with Gasteiger partial charge in [0.15, 0.2) is 5.69 Å². The van der Waals surface area contributed by atoms with Crippen LogP contribution in [-0.2, 0) is 4.74 Å². The van der Waals surface area contributed by atoms with E-state index in [1.54, 1.807) is 20.8 Å². The normalized spacial score (nSPS) is 12.2. The third kappa shape index (κ3) is 3.39. The summed E-state index contributed by atoms with van der Waals surface area (Å²) in [5.41, 5.74) is 2.40. The number of azo groups is 1. The molecule has 2 rings (SSSR count). The van der Waals surface area contributed by atoms with E-state index in [2.05, 4.69) is 15.2 Å². The Hall–Kier alpha value is -2.37. The first-order valence-corrected chi connectivity index (χ1v) is 6.64. The van der Waals surface area contributed by atoms with Gasteiger partial charge in [-0.3, -0.25) is 0 Å². The molecule has 1 heterocycles. The molecule has 0 fully saturated rings. The molecule has 1 amide bonds. The topological polar surface area (TPSA) is 87.0 Å². The number of aromatic hydroxyl groups is 1. The number of H-pyrrole nitrogens is 1. The van der Waals surface area contributed by atoms with Crippen molar-refractivity contribution < 1.29 is 14.6 Å². The average Bonchev–Trinajstić information content (AvgIpc) is 2.61. The van der Waals surface area contributed by atoms with Gasteiger partial charge in [-0.05, 0) is 46.2 Å². The van der Waals surface area contributed by atoms with Crippen molar-refractivity contribution in [3.05, 3.63) is 23.3 Å². The number of amides is 1. The summed E-state index contributed by atoms with van der Waals surface area (Å²) in [7, 11) is 0. The fraction of sp³-hybridized carbons (Fsp3) is 0.400. The molecule has 0 radical (unpaired) electrons. The lowest BCUT2D eigenvalue weighted by atomic mass is 10.1. The first-order valence-electron chi connectivity index (χ1n) is 6.64. The Kier molecular flexibility index (Phi) is 3.72. The number of ether oxygens (including phenoxy) is 1. The van der Waals surface area contributed by atoms with Crippen LogP contribution < -0.4 is 0 Å². The molecular weight excluding hydrogens is 270 g/mol. The fourth-order valence-corrected chi connectivity index (χ4v) is 2.10. The van der Waals surface area contributed by atoms with Crippen molar-refractivity contribution in [1.29, 1.82) is 0 Å². The maximum atomic E-state index is 11.6. The number of fused-ring (bicyclic) bond motifs is 1. The number of hydrogen-bond acceptors (Lipinski definition) is 4. The number of aryl methyl sites for hydroxylation is 2. The number of nitrogens with zero attached hydrogens (tertiary/aromatic N) is 2. The van der Waals surface area contributed by atoms with Crippen LogP contribution in [0.1, 0.15) is 31.9 Å². The summed E-state index contributed by atoms with van der Waals surface area (Å²) >= 11 is 0. The van der Waals surface area contributed by atoms with Crippen molar-refractivity contribution in [2.45, 2.75) is 40.2 Å². The standard InChI is InChI=1S/C15H19N3O3/c1-8-6-9(2)11-10(7-8)12(13(19)16-11)17-18-14(20)21-15(3,4)5/h6-7,16,19H,1-5H3. The van der Waals surface area contributed by atoms with Crippen LogP contribution in [-0.4, -0.2) is 21.8 Å². The second-order valence-corrected chi connectivity index (χ2v) is 6.01. The van der Waals surface area contributed by atoms with Crippen LogP contribution in [0.15, 0.2) is 22.4 Å². The number of rotatable bonds is 1. The van der Waals surface area contributed by atoms with Crippen molar-refractivity contribution in [1.82, 2.24) is 4.98 Å². The minimum atomic E-state index is -0.791. The third-order valence-electron chi connectivity index (χ3n) is 2.83. The van der Waals surface area contributed by atoms with Gasteiger partial charge < -0.3 is 14.8 Å². The highest BCUT2D eigenvalue weighted by atomic mass is 16.6. The van der Waals surface area contributed by atoms with E-state index in [-0.39, 0.29) is 11.6 Å². The molecule has 0 saturated heterocycles. The molecule has 6 heteroatoms. The maximum absolute atomic E-state index is 11.6. The molecule has 0 aliphatic carbocycles. The summed E-state index contributed by atoms with van der Waals surface area (Å²) in [4.78, 5) is 14.4. The molecule has 0 spiro atoms. The molecule has 112 valence electrons. The number of aromatic amines is 1. The number of aromatic nitrogens is 1. The van der Waals surface area contributed by atoms with Gasteiger partial charge in [-0.25, -0.2) is 4.79 Å². The largest absolute Gasteiger partial charge is 0.493 e. The lowest BCUT2D eigenvalue weighted by molar-refractivity contribution is 0.0592. The van der Waals surface area contributed by atoms with Crippen LogP contribution in [0.4, 0.5) is 10.5 Å². The van der Waals surface area contributed by atoms with Crippen molar-refractivity contribution in [2.75, 3.05) is 0 Å². The molecule has 0 unspecified atom stereocenters. The monoisotopic (exact) mass is 289 g/mol. The molecule has 2 aromatic rings. The fourth-order valence-electron chi connectivity index (χ4n) is 2.10. The Balaban J connectivity index is 2.39. The number of carbonyl (C=O) groups is 1. The minimum Gasteiger partial charge on any atom is -0.493 e. The van der Waals surface area contributed by atoms with Crippen LogP contribution in [0.2, 0.25) is 0 Å². The summed E-state index contributed by atoms with van der Waals surface area (Å²) in [6.07, 6.45) is -0.791. The van der Waals surface area contributed by atoms with Gasteiger partial charge in [0.2, 0.25) is 5.88 Å². The van der Waals surface area contributed by atoms with Crippen molar-refractivity contribution in [3.8, 4) is 5.88 Å². The maximum Gasteiger partial charge on any atom is 0.452 e. The molecule has 21 heavy (non-hydrogen) atoms. The SMILES string of the molecule is Cc1cc(C)c2[nH]c(O)c(N=NC(=O)OC(C)(C)C)c2c1. The van der Waals surface area contributed by atoms with Crippen LogP contribution in [0.5, 0.6) is 5.88 Å². The molecule has 0 saturated carbocycles. The predicted molar refractivity (Wildman–Crippen MR) is 80.2 cm³/mol. The van der Waals surface area contributed by atoms with Gasteiger partial charge >= 0.3 is 6.09 Å². The lowest BCUT2D eigenvalue weighted by Crippen LogP contribution is -2.21.